The molecule has 0 fully saturated rings. The van der Waals surface area contributed by atoms with E-state index in [4.69, 9.17) is 22.1 Å². The van der Waals surface area contributed by atoms with Crippen molar-refractivity contribution >= 4 is 17.4 Å². The van der Waals surface area contributed by atoms with Gasteiger partial charge in [0, 0.05) is 10.9 Å². The zero-order valence-electron chi connectivity index (χ0n) is 10.4. The number of rotatable bonds is 5. The number of benzene rings is 1. The highest BCUT2D eigenvalue weighted by Gasteiger charge is 2.19. The van der Waals surface area contributed by atoms with Gasteiger partial charge in [-0.25, -0.2) is 0 Å². The fourth-order valence-corrected chi connectivity index (χ4v) is 1.83. The van der Waals surface area contributed by atoms with Crippen LogP contribution in [0, 0.1) is 12.8 Å². The van der Waals surface area contributed by atoms with Crippen LogP contribution in [0.25, 0.3) is 0 Å². The number of hydrogen-bond acceptors (Lipinski definition) is 3. The van der Waals surface area contributed by atoms with Crippen molar-refractivity contribution in [2.75, 3.05) is 13.7 Å². The molecule has 0 aliphatic rings. The summed E-state index contributed by atoms with van der Waals surface area (Å²) in [4.78, 5) is 12.2. The Balaban J connectivity index is 3.12. The van der Waals surface area contributed by atoms with Crippen molar-refractivity contribution < 1.29 is 9.53 Å². The Hall–Kier alpha value is -1.06. The summed E-state index contributed by atoms with van der Waals surface area (Å²) in [6.45, 7) is 4.24. The van der Waals surface area contributed by atoms with E-state index in [2.05, 4.69) is 0 Å². The molecule has 0 heterocycles. The summed E-state index contributed by atoms with van der Waals surface area (Å²) >= 11 is 6.04. The molecule has 1 aromatic carbocycles. The summed E-state index contributed by atoms with van der Waals surface area (Å²) in [7, 11) is 1.55. The van der Waals surface area contributed by atoms with E-state index in [9.17, 15) is 4.79 Å². The zero-order valence-corrected chi connectivity index (χ0v) is 11.2. The van der Waals surface area contributed by atoms with Gasteiger partial charge in [0.25, 0.3) is 0 Å². The molecule has 0 aromatic heterocycles. The largest absolute Gasteiger partial charge is 0.496 e. The molecule has 94 valence electrons. The Kier molecular flexibility index (Phi) is 4.97. The van der Waals surface area contributed by atoms with Crippen LogP contribution in [-0.2, 0) is 0 Å². The first kappa shape index (κ1) is 14.0. The molecule has 17 heavy (non-hydrogen) atoms. The molecule has 1 rings (SSSR count). The van der Waals surface area contributed by atoms with Gasteiger partial charge in [-0.15, -0.1) is 0 Å². The SMILES string of the molecule is COc1cc(C)c(Cl)cc1C(=O)C(C)CCN. The first-order valence-electron chi connectivity index (χ1n) is 5.59. The predicted octanol–water partition coefficient (Wildman–Crippen LogP) is 2.82. The monoisotopic (exact) mass is 255 g/mol. The minimum atomic E-state index is -0.118. The number of ether oxygens (including phenoxy) is 1. The highest BCUT2D eigenvalue weighted by atomic mass is 35.5. The van der Waals surface area contributed by atoms with Crippen LogP contribution in [0.3, 0.4) is 0 Å². The second-order valence-electron chi connectivity index (χ2n) is 4.14. The number of carbonyl (C=O) groups excluding carboxylic acids is 1. The smallest absolute Gasteiger partial charge is 0.169 e. The number of aryl methyl sites for hydroxylation is 1. The number of halogens is 1. The van der Waals surface area contributed by atoms with Gasteiger partial charge in [-0.05, 0) is 37.6 Å². The van der Waals surface area contributed by atoms with Gasteiger partial charge in [-0.2, -0.15) is 0 Å². The lowest BCUT2D eigenvalue weighted by atomic mass is 9.95. The molecular formula is C13H18ClNO2. The third-order valence-electron chi connectivity index (χ3n) is 2.79. The van der Waals surface area contributed by atoms with E-state index in [-0.39, 0.29) is 11.7 Å². The van der Waals surface area contributed by atoms with Crippen LogP contribution in [0.1, 0.15) is 29.3 Å². The van der Waals surface area contributed by atoms with Crippen molar-refractivity contribution in [3.63, 3.8) is 0 Å². The van der Waals surface area contributed by atoms with Gasteiger partial charge in [0.1, 0.15) is 5.75 Å². The molecule has 1 unspecified atom stereocenters. The molecule has 0 radical (unpaired) electrons. The molecule has 0 aliphatic heterocycles. The van der Waals surface area contributed by atoms with Gasteiger partial charge in [-0.1, -0.05) is 18.5 Å². The van der Waals surface area contributed by atoms with Gasteiger partial charge >= 0.3 is 0 Å². The molecule has 0 saturated heterocycles. The number of methoxy groups -OCH3 is 1. The molecule has 4 heteroatoms. The number of carbonyl (C=O) groups is 1. The van der Waals surface area contributed by atoms with Crippen molar-refractivity contribution in [1.82, 2.24) is 0 Å². The summed E-state index contributed by atoms with van der Waals surface area (Å²) in [5.41, 5.74) is 6.89. The van der Waals surface area contributed by atoms with Crippen LogP contribution in [0.15, 0.2) is 12.1 Å². The second-order valence-corrected chi connectivity index (χ2v) is 4.55. The van der Waals surface area contributed by atoms with Crippen LogP contribution >= 0.6 is 11.6 Å². The van der Waals surface area contributed by atoms with E-state index in [0.29, 0.717) is 29.3 Å². The Morgan fingerprint density at radius 2 is 2.18 bits per heavy atom. The normalized spacial score (nSPS) is 12.3. The Labute approximate surface area is 107 Å². The summed E-state index contributed by atoms with van der Waals surface area (Å²) in [6.07, 6.45) is 0.660. The van der Waals surface area contributed by atoms with Crippen LogP contribution < -0.4 is 10.5 Å². The van der Waals surface area contributed by atoms with E-state index in [0.717, 1.165) is 5.56 Å². The summed E-state index contributed by atoms with van der Waals surface area (Å²) in [6, 6.07) is 3.45. The molecular weight excluding hydrogens is 238 g/mol. The Morgan fingerprint density at radius 3 is 2.71 bits per heavy atom. The quantitative estimate of drug-likeness (QED) is 0.823. The maximum Gasteiger partial charge on any atom is 0.169 e. The van der Waals surface area contributed by atoms with Crippen molar-refractivity contribution in [3.05, 3.63) is 28.3 Å². The molecule has 0 saturated carbocycles. The molecule has 1 atom stereocenters. The van der Waals surface area contributed by atoms with Gasteiger partial charge < -0.3 is 10.5 Å². The molecule has 0 amide bonds. The zero-order chi connectivity index (χ0) is 13.0. The third-order valence-corrected chi connectivity index (χ3v) is 3.20. The summed E-state index contributed by atoms with van der Waals surface area (Å²) < 4.78 is 5.22. The van der Waals surface area contributed by atoms with Gasteiger partial charge in [0.05, 0.1) is 12.7 Å². The van der Waals surface area contributed by atoms with E-state index in [1.165, 1.54) is 0 Å². The average Bonchev–Trinajstić information content (AvgIpc) is 2.31. The van der Waals surface area contributed by atoms with Crippen molar-refractivity contribution in [2.24, 2.45) is 11.7 Å². The predicted molar refractivity (Wildman–Crippen MR) is 69.9 cm³/mol. The average molecular weight is 256 g/mol. The molecule has 0 spiro atoms. The topological polar surface area (TPSA) is 52.3 Å². The number of hydrogen-bond donors (Lipinski definition) is 1. The molecule has 3 nitrogen and oxygen atoms in total. The van der Waals surface area contributed by atoms with E-state index in [1.807, 2.05) is 13.8 Å². The van der Waals surface area contributed by atoms with Gasteiger partial charge in [0.15, 0.2) is 5.78 Å². The molecule has 0 bridgehead atoms. The van der Waals surface area contributed by atoms with E-state index < -0.39 is 0 Å². The third kappa shape index (κ3) is 3.20. The Bertz CT molecular complexity index is 418. The first-order valence-corrected chi connectivity index (χ1v) is 5.97. The minimum absolute atomic E-state index is 0.0224. The number of ketones is 1. The molecule has 1 aromatic rings. The van der Waals surface area contributed by atoms with Crippen LogP contribution in [0.4, 0.5) is 0 Å². The van der Waals surface area contributed by atoms with Crippen LogP contribution in [-0.4, -0.2) is 19.4 Å². The minimum Gasteiger partial charge on any atom is -0.496 e. The number of Topliss-reactive ketones (excluding diaryl/α,β-unsaturated/α-hetero) is 1. The van der Waals surface area contributed by atoms with Crippen LogP contribution in [0.2, 0.25) is 5.02 Å². The second kappa shape index (κ2) is 6.03. The van der Waals surface area contributed by atoms with Crippen molar-refractivity contribution in [3.8, 4) is 5.75 Å². The van der Waals surface area contributed by atoms with Crippen LogP contribution in [0.5, 0.6) is 5.75 Å². The fourth-order valence-electron chi connectivity index (χ4n) is 1.66. The molecule has 2 N–H and O–H groups in total. The number of nitrogens with two attached hydrogens (primary N) is 1. The van der Waals surface area contributed by atoms with Crippen molar-refractivity contribution in [1.29, 1.82) is 0 Å². The lowest BCUT2D eigenvalue weighted by molar-refractivity contribution is 0.0922. The fraction of sp³-hybridized carbons (Fsp3) is 0.462. The van der Waals surface area contributed by atoms with Crippen molar-refractivity contribution in [2.45, 2.75) is 20.3 Å². The maximum absolute atomic E-state index is 12.2. The summed E-state index contributed by atoms with van der Waals surface area (Å²) in [5, 5.41) is 0.578. The van der Waals surface area contributed by atoms with Gasteiger partial charge in [0.2, 0.25) is 0 Å². The standard InChI is InChI=1S/C13H18ClNO2/c1-8(4-5-15)13(16)10-7-11(14)9(2)6-12(10)17-3/h6-8H,4-5,15H2,1-3H3. The first-order chi connectivity index (χ1) is 8.01. The molecule has 0 aliphatic carbocycles. The van der Waals surface area contributed by atoms with Gasteiger partial charge in [-0.3, -0.25) is 4.79 Å². The highest BCUT2D eigenvalue weighted by molar-refractivity contribution is 6.31. The van der Waals surface area contributed by atoms with E-state index in [1.54, 1.807) is 19.2 Å². The van der Waals surface area contributed by atoms with E-state index >= 15 is 0 Å². The lowest BCUT2D eigenvalue weighted by Gasteiger charge is -2.13. The summed E-state index contributed by atoms with van der Waals surface area (Å²) in [5.74, 6) is 0.475. The highest BCUT2D eigenvalue weighted by Crippen LogP contribution is 2.28. The Morgan fingerprint density at radius 1 is 1.53 bits per heavy atom. The maximum atomic E-state index is 12.2. The lowest BCUT2D eigenvalue weighted by Crippen LogP contribution is -2.16.